The second-order valence-corrected chi connectivity index (χ2v) is 3.53. The van der Waals surface area contributed by atoms with Gasteiger partial charge in [0.15, 0.2) is 0 Å². The van der Waals surface area contributed by atoms with E-state index < -0.39 is 5.41 Å². The Balaban J connectivity index is 4.44. The molecule has 0 atom stereocenters. The third-order valence-electron chi connectivity index (χ3n) is 2.55. The van der Waals surface area contributed by atoms with Crippen molar-refractivity contribution in [2.45, 2.75) is 26.7 Å². The topological polar surface area (TPSA) is 58.4 Å². The predicted octanol–water partition coefficient (Wildman–Crippen LogP) is 0.344. The van der Waals surface area contributed by atoms with E-state index in [0.717, 1.165) is 12.8 Å². The van der Waals surface area contributed by atoms with Crippen LogP contribution in [0.4, 0.5) is 0 Å². The van der Waals surface area contributed by atoms with Crippen molar-refractivity contribution in [3.63, 3.8) is 0 Å². The highest BCUT2D eigenvalue weighted by molar-refractivity contribution is 5.82. The Bertz CT molecular complexity index is 156. The SMILES string of the molecule is CCC(CC)(CN)C(=O)NN(C)C. The molecule has 0 aliphatic heterocycles. The molecule has 4 nitrogen and oxygen atoms in total. The van der Waals surface area contributed by atoms with Crippen molar-refractivity contribution >= 4 is 5.91 Å². The first-order valence-electron chi connectivity index (χ1n) is 4.71. The largest absolute Gasteiger partial charge is 0.329 e. The van der Waals surface area contributed by atoms with Crippen molar-refractivity contribution in [1.82, 2.24) is 10.4 Å². The molecule has 0 fully saturated rings. The maximum Gasteiger partial charge on any atom is 0.241 e. The van der Waals surface area contributed by atoms with Gasteiger partial charge in [0.25, 0.3) is 0 Å². The molecule has 4 heteroatoms. The number of carbonyl (C=O) groups excluding carboxylic acids is 1. The zero-order valence-electron chi connectivity index (χ0n) is 9.05. The van der Waals surface area contributed by atoms with E-state index in [9.17, 15) is 4.79 Å². The molecule has 0 aliphatic carbocycles. The van der Waals surface area contributed by atoms with Gasteiger partial charge in [-0.25, -0.2) is 5.01 Å². The van der Waals surface area contributed by atoms with Crippen LogP contribution in [0, 0.1) is 5.41 Å². The summed E-state index contributed by atoms with van der Waals surface area (Å²) in [4.78, 5) is 11.7. The molecule has 1 amide bonds. The van der Waals surface area contributed by atoms with Crippen molar-refractivity contribution in [2.24, 2.45) is 11.1 Å². The summed E-state index contributed by atoms with van der Waals surface area (Å²) in [5.74, 6) is 0.0185. The van der Waals surface area contributed by atoms with Crippen LogP contribution >= 0.6 is 0 Å². The maximum absolute atomic E-state index is 11.7. The highest BCUT2D eigenvalue weighted by atomic mass is 16.2. The molecule has 0 aromatic rings. The molecule has 0 bridgehead atoms. The van der Waals surface area contributed by atoms with Gasteiger partial charge in [-0.3, -0.25) is 10.2 Å². The van der Waals surface area contributed by atoms with Gasteiger partial charge in [-0.15, -0.1) is 0 Å². The molecule has 0 saturated carbocycles. The molecular formula is C9H21N3O. The molecule has 0 aliphatic rings. The number of nitrogens with two attached hydrogens (primary N) is 1. The van der Waals surface area contributed by atoms with Gasteiger partial charge in [-0.2, -0.15) is 0 Å². The van der Waals surface area contributed by atoms with Crippen molar-refractivity contribution in [3.8, 4) is 0 Å². The molecule has 0 heterocycles. The first-order chi connectivity index (χ1) is 6.02. The average molecular weight is 187 g/mol. The van der Waals surface area contributed by atoms with E-state index in [-0.39, 0.29) is 5.91 Å². The zero-order chi connectivity index (χ0) is 10.5. The zero-order valence-corrected chi connectivity index (χ0v) is 9.05. The van der Waals surface area contributed by atoms with Crippen LogP contribution in [0.2, 0.25) is 0 Å². The number of hydrogen-bond acceptors (Lipinski definition) is 3. The number of carbonyl (C=O) groups is 1. The van der Waals surface area contributed by atoms with Crippen LogP contribution in [0.1, 0.15) is 26.7 Å². The van der Waals surface area contributed by atoms with Crippen LogP contribution in [-0.2, 0) is 4.79 Å². The first kappa shape index (κ1) is 12.4. The number of hydrogen-bond donors (Lipinski definition) is 2. The van der Waals surface area contributed by atoms with Gasteiger partial charge in [0.05, 0.1) is 5.41 Å². The molecule has 0 aromatic carbocycles. The molecule has 0 aromatic heterocycles. The average Bonchev–Trinajstić information content (AvgIpc) is 2.07. The van der Waals surface area contributed by atoms with Crippen molar-refractivity contribution in [2.75, 3.05) is 20.6 Å². The Morgan fingerprint density at radius 1 is 1.38 bits per heavy atom. The molecule has 0 rings (SSSR count). The standard InChI is InChI=1S/C9H21N3O/c1-5-9(6-2,7-10)8(13)11-12(3)4/h5-7,10H2,1-4H3,(H,11,13). The van der Waals surface area contributed by atoms with Gasteiger partial charge in [-0.05, 0) is 12.8 Å². The lowest BCUT2D eigenvalue weighted by Gasteiger charge is -2.29. The van der Waals surface area contributed by atoms with E-state index in [4.69, 9.17) is 5.73 Å². The lowest BCUT2D eigenvalue weighted by Crippen LogP contribution is -2.49. The summed E-state index contributed by atoms with van der Waals surface area (Å²) in [7, 11) is 3.59. The molecule has 0 spiro atoms. The Morgan fingerprint density at radius 2 is 1.85 bits per heavy atom. The van der Waals surface area contributed by atoms with E-state index in [1.807, 2.05) is 13.8 Å². The minimum absolute atomic E-state index is 0.0185. The maximum atomic E-state index is 11.7. The Labute approximate surface area is 80.4 Å². The van der Waals surface area contributed by atoms with Gasteiger partial charge in [0.2, 0.25) is 5.91 Å². The van der Waals surface area contributed by atoms with Crippen molar-refractivity contribution in [3.05, 3.63) is 0 Å². The summed E-state index contributed by atoms with van der Waals surface area (Å²) in [6.45, 7) is 4.39. The number of nitrogens with one attached hydrogen (secondary N) is 1. The second kappa shape index (κ2) is 5.19. The minimum atomic E-state index is -0.399. The molecule has 78 valence electrons. The monoisotopic (exact) mass is 187 g/mol. The van der Waals surface area contributed by atoms with Crippen molar-refractivity contribution < 1.29 is 4.79 Å². The third-order valence-corrected chi connectivity index (χ3v) is 2.55. The number of hydrazine groups is 1. The molecule has 0 radical (unpaired) electrons. The van der Waals surface area contributed by atoms with Crippen LogP contribution in [-0.4, -0.2) is 31.6 Å². The predicted molar refractivity (Wildman–Crippen MR) is 53.9 cm³/mol. The van der Waals surface area contributed by atoms with E-state index >= 15 is 0 Å². The summed E-state index contributed by atoms with van der Waals surface area (Å²) < 4.78 is 0. The third kappa shape index (κ3) is 2.97. The van der Waals surface area contributed by atoms with Gasteiger partial charge >= 0.3 is 0 Å². The summed E-state index contributed by atoms with van der Waals surface area (Å²) in [5, 5.41) is 1.65. The van der Waals surface area contributed by atoms with E-state index in [2.05, 4.69) is 5.43 Å². The fourth-order valence-electron chi connectivity index (χ4n) is 1.27. The lowest BCUT2D eigenvalue weighted by atomic mass is 9.82. The van der Waals surface area contributed by atoms with Crippen LogP contribution < -0.4 is 11.2 Å². The lowest BCUT2D eigenvalue weighted by molar-refractivity contribution is -0.135. The molecule has 0 saturated heterocycles. The smallest absolute Gasteiger partial charge is 0.241 e. The summed E-state index contributed by atoms with van der Waals surface area (Å²) >= 11 is 0. The fourth-order valence-corrected chi connectivity index (χ4v) is 1.27. The Kier molecular flexibility index (Phi) is 4.95. The van der Waals surface area contributed by atoms with Gasteiger partial charge in [0.1, 0.15) is 0 Å². The molecule has 0 unspecified atom stereocenters. The highest BCUT2D eigenvalue weighted by Crippen LogP contribution is 2.24. The van der Waals surface area contributed by atoms with E-state index in [0.29, 0.717) is 6.54 Å². The van der Waals surface area contributed by atoms with Crippen LogP contribution in [0.5, 0.6) is 0 Å². The molecular weight excluding hydrogens is 166 g/mol. The van der Waals surface area contributed by atoms with Crippen LogP contribution in [0.25, 0.3) is 0 Å². The summed E-state index contributed by atoms with van der Waals surface area (Å²) in [6.07, 6.45) is 1.55. The van der Waals surface area contributed by atoms with Crippen LogP contribution in [0.3, 0.4) is 0 Å². The van der Waals surface area contributed by atoms with E-state index in [1.165, 1.54) is 0 Å². The highest BCUT2D eigenvalue weighted by Gasteiger charge is 2.33. The Morgan fingerprint density at radius 3 is 2.08 bits per heavy atom. The van der Waals surface area contributed by atoms with Gasteiger partial charge in [-0.1, -0.05) is 13.8 Å². The number of rotatable bonds is 5. The summed E-state index contributed by atoms with van der Waals surface area (Å²) in [5.41, 5.74) is 7.98. The van der Waals surface area contributed by atoms with Gasteiger partial charge < -0.3 is 5.73 Å². The summed E-state index contributed by atoms with van der Waals surface area (Å²) in [6, 6.07) is 0. The second-order valence-electron chi connectivity index (χ2n) is 3.53. The first-order valence-corrected chi connectivity index (χ1v) is 4.71. The van der Waals surface area contributed by atoms with Crippen molar-refractivity contribution in [1.29, 1.82) is 0 Å². The van der Waals surface area contributed by atoms with Gasteiger partial charge in [0, 0.05) is 20.6 Å². The van der Waals surface area contributed by atoms with E-state index in [1.54, 1.807) is 19.1 Å². The molecule has 13 heavy (non-hydrogen) atoms. The fraction of sp³-hybridized carbons (Fsp3) is 0.889. The van der Waals surface area contributed by atoms with Crippen LogP contribution in [0.15, 0.2) is 0 Å². The minimum Gasteiger partial charge on any atom is -0.329 e. The number of nitrogens with zero attached hydrogens (tertiary/aromatic N) is 1. The molecule has 3 N–H and O–H groups in total. The normalized spacial score (nSPS) is 11.8. The number of amides is 1. The Hall–Kier alpha value is -0.610. The quantitative estimate of drug-likeness (QED) is 0.610.